The van der Waals surface area contributed by atoms with Gasteiger partial charge < -0.3 is 25.1 Å². The Bertz CT molecular complexity index is 1070. The number of carbonyl (C=O) groups is 1. The topological polar surface area (TPSA) is 101 Å². The van der Waals surface area contributed by atoms with Crippen LogP contribution in [0.25, 0.3) is 11.5 Å². The number of nitrogens with one attached hydrogen (secondary N) is 3. The third-order valence-corrected chi connectivity index (χ3v) is 5.17. The van der Waals surface area contributed by atoms with Crippen molar-refractivity contribution >= 4 is 35.8 Å². The van der Waals surface area contributed by atoms with E-state index in [0.29, 0.717) is 30.2 Å². The maximum Gasteiger partial charge on any atom is 0.258 e. The molecular weight excluding hydrogens is 545 g/mol. The Morgan fingerprint density at radius 1 is 1.12 bits per heavy atom. The Morgan fingerprint density at radius 3 is 2.59 bits per heavy atom. The first-order valence-electron chi connectivity index (χ1n) is 11.1. The van der Waals surface area contributed by atoms with Crippen LogP contribution in [0.4, 0.5) is 0 Å². The quantitative estimate of drug-likeness (QED) is 0.194. The van der Waals surface area contributed by atoms with Crippen molar-refractivity contribution in [1.82, 2.24) is 20.9 Å². The van der Waals surface area contributed by atoms with Gasteiger partial charge in [0.05, 0.1) is 12.2 Å². The molecule has 0 spiro atoms. The predicted octanol–water partition coefficient (Wildman–Crippen LogP) is 3.52. The van der Waals surface area contributed by atoms with Gasteiger partial charge in [0.2, 0.25) is 5.89 Å². The molecule has 180 valence electrons. The summed E-state index contributed by atoms with van der Waals surface area (Å²) in [5.41, 5.74) is 2.92. The Hall–Kier alpha value is -3.08. The highest BCUT2D eigenvalue weighted by Crippen LogP contribution is 2.19. The van der Waals surface area contributed by atoms with Crippen molar-refractivity contribution in [3.63, 3.8) is 0 Å². The third kappa shape index (κ3) is 8.05. The summed E-state index contributed by atoms with van der Waals surface area (Å²) in [5.74, 6) is 1.93. The van der Waals surface area contributed by atoms with Crippen molar-refractivity contribution in [3.8, 4) is 17.2 Å². The number of ether oxygens (including phenoxy) is 1. The molecule has 2 aromatic carbocycles. The maximum atomic E-state index is 11.7. The van der Waals surface area contributed by atoms with Gasteiger partial charge in [0.1, 0.15) is 12.0 Å². The van der Waals surface area contributed by atoms with Crippen LogP contribution in [0.1, 0.15) is 24.1 Å². The summed E-state index contributed by atoms with van der Waals surface area (Å²) in [6.07, 6.45) is 4.63. The largest absolute Gasteiger partial charge is 0.484 e. The van der Waals surface area contributed by atoms with E-state index in [0.717, 1.165) is 42.6 Å². The number of oxazole rings is 1. The SMILES string of the molecule is CN=C(NCCc1ccc(OCC(=O)NC2CC2)cc1)NCc1coc(-c2ccccc2)n1.I. The fourth-order valence-electron chi connectivity index (χ4n) is 3.22. The standard InChI is InChI=1S/C25H29N5O3.HI/c1-26-25(28-15-21-16-33-24(30-21)19-5-3-2-4-6-19)27-14-13-18-7-11-22(12-8-18)32-17-23(31)29-20-9-10-20;/h2-8,11-12,16,20H,9-10,13-15,17H2,1H3,(H,29,31)(H2,26,27,28);1H. The lowest BCUT2D eigenvalue weighted by Crippen LogP contribution is -2.37. The summed E-state index contributed by atoms with van der Waals surface area (Å²) in [6, 6.07) is 18.0. The number of aromatic nitrogens is 1. The van der Waals surface area contributed by atoms with Crippen molar-refractivity contribution in [1.29, 1.82) is 0 Å². The fraction of sp³-hybridized carbons (Fsp3) is 0.320. The normalized spacial score (nSPS) is 13.0. The minimum absolute atomic E-state index is 0. The number of hydrogen-bond donors (Lipinski definition) is 3. The molecule has 0 radical (unpaired) electrons. The van der Waals surface area contributed by atoms with Crippen molar-refractivity contribution in [2.24, 2.45) is 4.99 Å². The molecule has 0 atom stereocenters. The van der Waals surface area contributed by atoms with E-state index in [2.05, 4.69) is 25.9 Å². The number of aliphatic imine (C=N–C) groups is 1. The molecule has 8 nitrogen and oxygen atoms in total. The highest BCUT2D eigenvalue weighted by molar-refractivity contribution is 14.0. The highest BCUT2D eigenvalue weighted by atomic mass is 127. The van der Waals surface area contributed by atoms with Gasteiger partial charge in [-0.15, -0.1) is 24.0 Å². The molecule has 1 fully saturated rings. The zero-order valence-corrected chi connectivity index (χ0v) is 21.5. The van der Waals surface area contributed by atoms with Crippen LogP contribution in [0.5, 0.6) is 5.75 Å². The Morgan fingerprint density at radius 2 is 1.88 bits per heavy atom. The van der Waals surface area contributed by atoms with E-state index >= 15 is 0 Å². The smallest absolute Gasteiger partial charge is 0.258 e. The number of amides is 1. The van der Waals surface area contributed by atoms with Gasteiger partial charge >= 0.3 is 0 Å². The van der Waals surface area contributed by atoms with E-state index in [9.17, 15) is 4.79 Å². The van der Waals surface area contributed by atoms with Crippen molar-refractivity contribution in [2.75, 3.05) is 20.2 Å². The van der Waals surface area contributed by atoms with E-state index < -0.39 is 0 Å². The molecule has 0 aliphatic heterocycles. The molecular formula is C25H30IN5O3. The Labute approximate surface area is 216 Å². The lowest BCUT2D eigenvalue weighted by Gasteiger charge is -2.11. The minimum Gasteiger partial charge on any atom is -0.484 e. The number of rotatable bonds is 10. The first kappa shape index (κ1) is 25.5. The molecule has 1 amide bonds. The predicted molar refractivity (Wildman–Crippen MR) is 142 cm³/mol. The Balaban J connectivity index is 0.00000324. The second kappa shape index (κ2) is 13.0. The van der Waals surface area contributed by atoms with Crippen molar-refractivity contribution in [2.45, 2.75) is 31.8 Å². The van der Waals surface area contributed by atoms with E-state index in [4.69, 9.17) is 9.15 Å². The number of nitrogens with zero attached hydrogens (tertiary/aromatic N) is 2. The van der Waals surface area contributed by atoms with Crippen LogP contribution in [0.2, 0.25) is 0 Å². The van der Waals surface area contributed by atoms with Gasteiger partial charge in [0, 0.05) is 25.2 Å². The van der Waals surface area contributed by atoms with Crippen LogP contribution in [0.15, 0.2) is 70.3 Å². The summed E-state index contributed by atoms with van der Waals surface area (Å²) in [4.78, 5) is 20.5. The number of benzene rings is 2. The summed E-state index contributed by atoms with van der Waals surface area (Å²) in [5, 5.41) is 9.46. The van der Waals surface area contributed by atoms with Gasteiger partial charge in [-0.05, 0) is 49.1 Å². The molecule has 34 heavy (non-hydrogen) atoms. The van der Waals surface area contributed by atoms with Crippen LogP contribution in [-0.4, -0.2) is 43.1 Å². The summed E-state index contributed by atoms with van der Waals surface area (Å²) in [7, 11) is 1.74. The lowest BCUT2D eigenvalue weighted by molar-refractivity contribution is -0.123. The van der Waals surface area contributed by atoms with Crippen LogP contribution < -0.4 is 20.7 Å². The molecule has 9 heteroatoms. The average molecular weight is 575 g/mol. The zero-order chi connectivity index (χ0) is 22.9. The lowest BCUT2D eigenvalue weighted by atomic mass is 10.1. The molecule has 4 rings (SSSR count). The molecule has 3 aromatic rings. The molecule has 0 saturated heterocycles. The Kier molecular flexibility index (Phi) is 9.75. The van der Waals surface area contributed by atoms with Gasteiger partial charge in [-0.25, -0.2) is 4.98 Å². The number of hydrogen-bond acceptors (Lipinski definition) is 5. The highest BCUT2D eigenvalue weighted by Gasteiger charge is 2.23. The zero-order valence-electron chi connectivity index (χ0n) is 19.1. The van der Waals surface area contributed by atoms with Crippen LogP contribution in [-0.2, 0) is 17.8 Å². The van der Waals surface area contributed by atoms with E-state index in [-0.39, 0.29) is 36.5 Å². The number of halogens is 1. The molecule has 0 bridgehead atoms. The number of carbonyl (C=O) groups excluding carboxylic acids is 1. The van der Waals surface area contributed by atoms with E-state index in [1.165, 1.54) is 0 Å². The minimum atomic E-state index is -0.0634. The first-order valence-corrected chi connectivity index (χ1v) is 11.1. The van der Waals surface area contributed by atoms with E-state index in [1.54, 1.807) is 13.3 Å². The number of guanidine groups is 1. The molecule has 0 unspecified atom stereocenters. The van der Waals surface area contributed by atoms with E-state index in [1.807, 2.05) is 54.6 Å². The molecule has 3 N–H and O–H groups in total. The maximum absolute atomic E-state index is 11.7. The van der Waals surface area contributed by atoms with Gasteiger partial charge in [0.15, 0.2) is 12.6 Å². The fourth-order valence-corrected chi connectivity index (χ4v) is 3.22. The van der Waals surface area contributed by atoms with Gasteiger partial charge in [0.25, 0.3) is 5.91 Å². The summed E-state index contributed by atoms with van der Waals surface area (Å²) < 4.78 is 11.1. The molecule has 1 aliphatic rings. The second-order valence-electron chi connectivity index (χ2n) is 7.89. The van der Waals surface area contributed by atoms with Gasteiger partial charge in [-0.3, -0.25) is 9.79 Å². The molecule has 1 heterocycles. The van der Waals surface area contributed by atoms with Crippen molar-refractivity contribution in [3.05, 3.63) is 72.1 Å². The molecule has 1 saturated carbocycles. The monoisotopic (exact) mass is 575 g/mol. The van der Waals surface area contributed by atoms with Crippen LogP contribution >= 0.6 is 24.0 Å². The van der Waals surface area contributed by atoms with Crippen LogP contribution in [0, 0.1) is 0 Å². The summed E-state index contributed by atoms with van der Waals surface area (Å²) in [6.45, 7) is 1.28. The molecule has 1 aliphatic carbocycles. The first-order chi connectivity index (χ1) is 16.2. The second-order valence-corrected chi connectivity index (χ2v) is 7.89. The third-order valence-electron chi connectivity index (χ3n) is 5.17. The van der Waals surface area contributed by atoms with Gasteiger partial charge in [-0.2, -0.15) is 0 Å². The van der Waals surface area contributed by atoms with Crippen LogP contribution in [0.3, 0.4) is 0 Å². The average Bonchev–Trinajstić information content (AvgIpc) is 3.54. The molecule has 1 aromatic heterocycles. The summed E-state index contributed by atoms with van der Waals surface area (Å²) >= 11 is 0. The van der Waals surface area contributed by atoms with Crippen molar-refractivity contribution < 1.29 is 13.9 Å². The van der Waals surface area contributed by atoms with Gasteiger partial charge in [-0.1, -0.05) is 30.3 Å².